The molecule has 1 aliphatic rings. The molecule has 230 valence electrons. The Morgan fingerprint density at radius 1 is 1.10 bits per heavy atom. The maximum absolute atomic E-state index is 13.9. The first-order valence-electron chi connectivity index (χ1n) is 14.3. The van der Waals surface area contributed by atoms with Gasteiger partial charge in [-0.15, -0.1) is 0 Å². The van der Waals surface area contributed by atoms with Gasteiger partial charge < -0.3 is 34.3 Å². The van der Waals surface area contributed by atoms with Crippen molar-refractivity contribution < 1.29 is 38.4 Å². The van der Waals surface area contributed by atoms with Gasteiger partial charge in [0.1, 0.15) is 16.9 Å². The standard InChI is InChI=1S/C31H41ClN2O8/c1-6-40-25-19-24(27(32)28(41-7-2)26(25)21(4)35)20(3)34(15-18-42-22(5)23-11-9-8-10-12-23)30(38)33-31(29(36)37)13-16-39-17-14-31/h8-12,19-20,22H,6-7,13-18H2,1-5H3,(H,33,38)(H,36,37)/t20-,22-/m1/s1. The van der Waals surface area contributed by atoms with Crippen molar-refractivity contribution in [3.05, 3.63) is 58.1 Å². The average Bonchev–Trinajstić information content (AvgIpc) is 2.97. The van der Waals surface area contributed by atoms with Gasteiger partial charge in [0, 0.05) is 38.2 Å². The lowest BCUT2D eigenvalue weighted by Crippen LogP contribution is -2.60. The summed E-state index contributed by atoms with van der Waals surface area (Å²) in [7, 11) is 0. The van der Waals surface area contributed by atoms with E-state index in [9.17, 15) is 19.5 Å². The molecule has 2 aromatic carbocycles. The van der Waals surface area contributed by atoms with Crippen molar-refractivity contribution in [3.8, 4) is 11.5 Å². The molecule has 2 aromatic rings. The van der Waals surface area contributed by atoms with Gasteiger partial charge in [0.25, 0.3) is 0 Å². The van der Waals surface area contributed by atoms with Crippen LogP contribution in [-0.4, -0.2) is 72.9 Å². The van der Waals surface area contributed by atoms with E-state index in [1.165, 1.54) is 11.8 Å². The number of carbonyl (C=O) groups is 3. The van der Waals surface area contributed by atoms with Crippen molar-refractivity contribution in [3.63, 3.8) is 0 Å². The summed E-state index contributed by atoms with van der Waals surface area (Å²) >= 11 is 6.85. The predicted molar refractivity (Wildman–Crippen MR) is 159 cm³/mol. The van der Waals surface area contributed by atoms with Crippen LogP contribution in [0.3, 0.4) is 0 Å². The van der Waals surface area contributed by atoms with Crippen LogP contribution in [-0.2, 0) is 14.3 Å². The number of urea groups is 1. The lowest BCUT2D eigenvalue weighted by Gasteiger charge is -2.38. The minimum absolute atomic E-state index is 0.120. The Balaban J connectivity index is 2.00. The lowest BCUT2D eigenvalue weighted by atomic mass is 9.90. The number of ether oxygens (including phenoxy) is 4. The van der Waals surface area contributed by atoms with Gasteiger partial charge in [0.2, 0.25) is 0 Å². The maximum Gasteiger partial charge on any atom is 0.329 e. The number of rotatable bonds is 14. The fraction of sp³-hybridized carbons (Fsp3) is 0.516. The monoisotopic (exact) mass is 604 g/mol. The Hall–Kier alpha value is -3.34. The summed E-state index contributed by atoms with van der Waals surface area (Å²) in [6.07, 6.45) is 0.0313. The van der Waals surface area contributed by atoms with Crippen molar-refractivity contribution in [1.29, 1.82) is 0 Å². The highest BCUT2D eigenvalue weighted by atomic mass is 35.5. The zero-order chi connectivity index (χ0) is 30.9. The van der Waals surface area contributed by atoms with Crippen LogP contribution in [0.1, 0.15) is 81.1 Å². The summed E-state index contributed by atoms with van der Waals surface area (Å²) in [5.74, 6) is -0.925. The molecule has 3 rings (SSSR count). The van der Waals surface area contributed by atoms with Gasteiger partial charge in [-0.1, -0.05) is 41.9 Å². The second kappa shape index (κ2) is 15.2. The maximum atomic E-state index is 13.9. The van der Waals surface area contributed by atoms with Gasteiger partial charge in [0.05, 0.1) is 37.0 Å². The van der Waals surface area contributed by atoms with E-state index in [0.29, 0.717) is 17.9 Å². The lowest BCUT2D eigenvalue weighted by molar-refractivity contribution is -0.148. The van der Waals surface area contributed by atoms with Gasteiger partial charge in [-0.2, -0.15) is 0 Å². The SMILES string of the molecule is CCOc1cc([C@@H](C)N(CCO[C@H](C)c2ccccc2)C(=O)NC2(C(=O)O)CCOCC2)c(Cl)c(OCC)c1C(C)=O. The van der Waals surface area contributed by atoms with E-state index in [1.54, 1.807) is 26.8 Å². The van der Waals surface area contributed by atoms with Crippen molar-refractivity contribution >= 4 is 29.4 Å². The van der Waals surface area contributed by atoms with E-state index in [1.807, 2.05) is 37.3 Å². The van der Waals surface area contributed by atoms with Crippen LogP contribution >= 0.6 is 11.6 Å². The molecule has 0 aromatic heterocycles. The molecular weight excluding hydrogens is 564 g/mol. The number of hydrogen-bond acceptors (Lipinski definition) is 7. The normalized spacial score (nSPS) is 15.8. The van der Waals surface area contributed by atoms with Gasteiger partial charge in [-0.3, -0.25) is 4.79 Å². The van der Waals surface area contributed by atoms with Crippen LogP contribution in [0, 0.1) is 0 Å². The Labute approximate surface area is 252 Å². The molecule has 2 amide bonds. The molecule has 0 saturated carbocycles. The number of aliphatic carboxylic acids is 1. The van der Waals surface area contributed by atoms with Gasteiger partial charge in [0.15, 0.2) is 11.5 Å². The van der Waals surface area contributed by atoms with Crippen LogP contribution in [0.4, 0.5) is 4.79 Å². The number of amides is 2. The van der Waals surface area contributed by atoms with E-state index in [-0.39, 0.29) is 74.0 Å². The predicted octanol–water partition coefficient (Wildman–Crippen LogP) is 5.82. The molecule has 2 atom stereocenters. The number of benzene rings is 2. The van der Waals surface area contributed by atoms with Gasteiger partial charge in [-0.05, 0) is 46.2 Å². The van der Waals surface area contributed by atoms with Gasteiger partial charge in [-0.25, -0.2) is 9.59 Å². The zero-order valence-electron chi connectivity index (χ0n) is 24.9. The van der Waals surface area contributed by atoms with Crippen LogP contribution in [0.5, 0.6) is 11.5 Å². The average molecular weight is 605 g/mol. The number of halogens is 1. The summed E-state index contributed by atoms with van der Waals surface area (Å²) in [6.45, 7) is 9.94. The largest absolute Gasteiger partial charge is 0.493 e. The number of nitrogens with zero attached hydrogens (tertiary/aromatic N) is 1. The molecule has 0 bridgehead atoms. The third-order valence-corrected chi connectivity index (χ3v) is 7.79. The van der Waals surface area contributed by atoms with Crippen LogP contribution in [0.25, 0.3) is 0 Å². The first-order chi connectivity index (χ1) is 20.1. The molecule has 1 fully saturated rings. The number of nitrogens with one attached hydrogen (secondary N) is 1. The molecule has 42 heavy (non-hydrogen) atoms. The molecule has 0 unspecified atom stereocenters. The van der Waals surface area contributed by atoms with Crippen LogP contribution in [0.2, 0.25) is 5.02 Å². The molecule has 10 nitrogen and oxygen atoms in total. The number of Topliss-reactive ketones (excluding diaryl/α,β-unsaturated/α-hetero) is 1. The fourth-order valence-corrected chi connectivity index (χ4v) is 5.35. The third-order valence-electron chi connectivity index (χ3n) is 7.40. The number of carboxylic acid groups (broad SMARTS) is 1. The minimum Gasteiger partial charge on any atom is -0.493 e. The topological polar surface area (TPSA) is 124 Å². The smallest absolute Gasteiger partial charge is 0.329 e. The summed E-state index contributed by atoms with van der Waals surface area (Å²) < 4.78 is 23.1. The molecule has 1 aliphatic heterocycles. The highest BCUT2D eigenvalue weighted by molar-refractivity contribution is 6.33. The zero-order valence-corrected chi connectivity index (χ0v) is 25.7. The first-order valence-corrected chi connectivity index (χ1v) is 14.6. The summed E-state index contributed by atoms with van der Waals surface area (Å²) in [5, 5.41) is 13.0. The molecule has 0 radical (unpaired) electrons. The molecule has 1 saturated heterocycles. The van der Waals surface area contributed by atoms with Crippen molar-refractivity contribution in [1.82, 2.24) is 10.2 Å². The number of carboxylic acids is 1. The quantitative estimate of drug-likeness (QED) is 0.258. The third kappa shape index (κ3) is 7.73. The highest BCUT2D eigenvalue weighted by Crippen LogP contribution is 2.43. The molecule has 1 heterocycles. The Kier molecular flexibility index (Phi) is 12.0. The van der Waals surface area contributed by atoms with Crippen molar-refractivity contribution in [2.75, 3.05) is 39.6 Å². The molecular formula is C31H41ClN2O8. The molecule has 0 aliphatic carbocycles. The van der Waals surface area contributed by atoms with Crippen LogP contribution in [0.15, 0.2) is 36.4 Å². The molecule has 0 spiro atoms. The van der Waals surface area contributed by atoms with E-state index in [2.05, 4.69) is 5.32 Å². The fourth-order valence-electron chi connectivity index (χ4n) is 4.99. The number of carbonyl (C=O) groups excluding carboxylic acids is 2. The van der Waals surface area contributed by atoms with E-state index in [0.717, 1.165) is 5.56 Å². The summed E-state index contributed by atoms with van der Waals surface area (Å²) in [4.78, 5) is 40.3. The van der Waals surface area contributed by atoms with Crippen molar-refractivity contribution in [2.24, 2.45) is 0 Å². The number of hydrogen-bond donors (Lipinski definition) is 2. The van der Waals surface area contributed by atoms with Gasteiger partial charge >= 0.3 is 12.0 Å². The van der Waals surface area contributed by atoms with E-state index >= 15 is 0 Å². The van der Waals surface area contributed by atoms with Crippen molar-refractivity contribution in [2.45, 2.75) is 65.1 Å². The molecule has 2 N–H and O–H groups in total. The second-order valence-electron chi connectivity index (χ2n) is 10.1. The molecule has 11 heteroatoms. The summed E-state index contributed by atoms with van der Waals surface area (Å²) in [5.41, 5.74) is 0.221. The Morgan fingerprint density at radius 2 is 1.74 bits per heavy atom. The Morgan fingerprint density at radius 3 is 2.31 bits per heavy atom. The minimum atomic E-state index is -1.47. The Bertz CT molecular complexity index is 1230. The highest BCUT2D eigenvalue weighted by Gasteiger charge is 2.43. The summed E-state index contributed by atoms with van der Waals surface area (Å²) in [6, 6.07) is 10.1. The number of ketones is 1. The van der Waals surface area contributed by atoms with E-state index in [4.69, 9.17) is 30.5 Å². The second-order valence-corrected chi connectivity index (χ2v) is 10.5. The first kappa shape index (κ1) is 33.2. The van der Waals surface area contributed by atoms with E-state index < -0.39 is 23.6 Å². The van der Waals surface area contributed by atoms with Crippen LogP contribution < -0.4 is 14.8 Å².